The maximum atomic E-state index is 13.8. The molecule has 112 valence electrons. The van der Waals surface area contributed by atoms with Gasteiger partial charge in [-0.15, -0.1) is 0 Å². The van der Waals surface area contributed by atoms with Gasteiger partial charge >= 0.3 is 6.18 Å². The van der Waals surface area contributed by atoms with E-state index < -0.39 is 29.1 Å². The van der Waals surface area contributed by atoms with E-state index in [0.717, 1.165) is 12.1 Å². The predicted molar refractivity (Wildman–Crippen MR) is 66.2 cm³/mol. The first kappa shape index (κ1) is 15.5. The minimum Gasteiger partial charge on any atom is -0.495 e. The van der Waals surface area contributed by atoms with Crippen molar-refractivity contribution in [3.05, 3.63) is 46.6 Å². The summed E-state index contributed by atoms with van der Waals surface area (Å²) in [6.07, 6.45) is -4.30. The highest BCUT2D eigenvalue weighted by Crippen LogP contribution is 2.35. The van der Waals surface area contributed by atoms with Gasteiger partial charge in [-0.3, -0.25) is 4.98 Å². The maximum Gasteiger partial charge on any atom is 0.417 e. The van der Waals surface area contributed by atoms with Gasteiger partial charge in [0.05, 0.1) is 17.7 Å². The smallest absolute Gasteiger partial charge is 0.417 e. The Kier molecular flexibility index (Phi) is 4.04. The molecule has 2 nitrogen and oxygen atoms in total. The molecule has 0 atom stereocenters. The van der Waals surface area contributed by atoms with Crippen molar-refractivity contribution < 1.29 is 26.7 Å². The third-order valence-electron chi connectivity index (χ3n) is 2.67. The Bertz CT molecular complexity index is 687. The first-order valence-electron chi connectivity index (χ1n) is 5.50. The van der Waals surface area contributed by atoms with Crippen LogP contribution in [0.2, 0.25) is 5.02 Å². The lowest BCUT2D eigenvalue weighted by atomic mass is 10.1. The number of alkyl halides is 3. The van der Waals surface area contributed by atoms with Crippen LogP contribution in [0.25, 0.3) is 11.3 Å². The molecule has 2 aromatic rings. The summed E-state index contributed by atoms with van der Waals surface area (Å²) >= 11 is 5.69. The Hall–Kier alpha value is -1.89. The van der Waals surface area contributed by atoms with Gasteiger partial charge in [0.2, 0.25) is 0 Å². The number of nitrogens with zero attached hydrogens (tertiary/aromatic N) is 1. The third kappa shape index (κ3) is 3.07. The molecule has 0 aliphatic rings. The van der Waals surface area contributed by atoms with Gasteiger partial charge in [-0.2, -0.15) is 13.2 Å². The van der Waals surface area contributed by atoms with E-state index in [2.05, 4.69) is 4.98 Å². The number of rotatable bonds is 2. The van der Waals surface area contributed by atoms with Crippen LogP contribution in [0.4, 0.5) is 22.0 Å². The Morgan fingerprint density at radius 3 is 2.29 bits per heavy atom. The lowest BCUT2D eigenvalue weighted by molar-refractivity contribution is -0.138. The molecule has 0 N–H and O–H groups in total. The molecular weight excluding hydrogens is 317 g/mol. The molecule has 1 aromatic heterocycles. The van der Waals surface area contributed by atoms with E-state index in [1.807, 2.05) is 0 Å². The summed E-state index contributed by atoms with van der Waals surface area (Å²) in [7, 11) is 1.26. The predicted octanol–water partition coefficient (Wildman–Crippen LogP) is 4.71. The molecule has 0 bridgehead atoms. The quantitative estimate of drug-likeness (QED) is 0.747. The zero-order chi connectivity index (χ0) is 15.8. The number of ether oxygens (including phenoxy) is 1. The average Bonchev–Trinajstić information content (AvgIpc) is 2.38. The Balaban J connectivity index is 2.58. The van der Waals surface area contributed by atoms with Gasteiger partial charge < -0.3 is 4.74 Å². The Morgan fingerprint density at radius 2 is 1.76 bits per heavy atom. The molecular formula is C13H7ClF5NO. The second kappa shape index (κ2) is 5.48. The number of aromatic nitrogens is 1. The number of hydrogen-bond acceptors (Lipinski definition) is 2. The van der Waals surface area contributed by atoms with Gasteiger partial charge in [-0.05, 0) is 18.2 Å². The maximum absolute atomic E-state index is 13.8. The topological polar surface area (TPSA) is 22.1 Å². The zero-order valence-corrected chi connectivity index (χ0v) is 11.2. The van der Waals surface area contributed by atoms with E-state index in [0.29, 0.717) is 6.20 Å². The molecule has 0 fully saturated rings. The molecule has 0 aliphatic carbocycles. The van der Waals surface area contributed by atoms with Crippen molar-refractivity contribution in [3.8, 4) is 17.0 Å². The van der Waals surface area contributed by atoms with Crippen molar-refractivity contribution in [2.45, 2.75) is 6.18 Å². The van der Waals surface area contributed by atoms with Gasteiger partial charge in [0, 0.05) is 11.8 Å². The van der Waals surface area contributed by atoms with Crippen molar-refractivity contribution in [2.75, 3.05) is 7.11 Å². The first-order chi connectivity index (χ1) is 9.74. The largest absolute Gasteiger partial charge is 0.495 e. The highest BCUT2D eigenvalue weighted by atomic mass is 35.5. The molecule has 0 aliphatic heterocycles. The fourth-order valence-electron chi connectivity index (χ4n) is 1.66. The highest BCUT2D eigenvalue weighted by Gasteiger charge is 2.32. The van der Waals surface area contributed by atoms with Crippen LogP contribution < -0.4 is 4.74 Å². The van der Waals surface area contributed by atoms with E-state index in [4.69, 9.17) is 16.3 Å². The van der Waals surface area contributed by atoms with E-state index in [-0.39, 0.29) is 22.4 Å². The lowest BCUT2D eigenvalue weighted by Crippen LogP contribution is -2.07. The van der Waals surface area contributed by atoms with E-state index in [1.165, 1.54) is 7.11 Å². The second-order valence-corrected chi connectivity index (χ2v) is 4.43. The van der Waals surface area contributed by atoms with Crippen molar-refractivity contribution in [2.24, 2.45) is 0 Å². The van der Waals surface area contributed by atoms with Crippen LogP contribution >= 0.6 is 11.6 Å². The SMILES string of the molecule is COc1cc(-c2ncc(C(F)(F)F)cc2F)c(F)cc1Cl. The molecule has 1 heterocycles. The summed E-state index contributed by atoms with van der Waals surface area (Å²) in [5.74, 6) is -2.17. The second-order valence-electron chi connectivity index (χ2n) is 4.02. The normalized spacial score (nSPS) is 11.6. The minimum absolute atomic E-state index is 0.0499. The fraction of sp³-hybridized carbons (Fsp3) is 0.154. The molecule has 0 spiro atoms. The fourth-order valence-corrected chi connectivity index (χ4v) is 1.89. The lowest BCUT2D eigenvalue weighted by Gasteiger charge is -2.11. The number of hydrogen-bond donors (Lipinski definition) is 0. The Labute approximate surface area is 121 Å². The number of benzene rings is 1. The van der Waals surface area contributed by atoms with Gasteiger partial charge in [0.25, 0.3) is 0 Å². The van der Waals surface area contributed by atoms with Crippen LogP contribution in [-0.2, 0) is 6.18 Å². The van der Waals surface area contributed by atoms with Crippen molar-refractivity contribution in [1.82, 2.24) is 4.98 Å². The zero-order valence-electron chi connectivity index (χ0n) is 10.4. The van der Waals surface area contributed by atoms with Crippen molar-refractivity contribution in [1.29, 1.82) is 0 Å². The van der Waals surface area contributed by atoms with Gasteiger partial charge in [-0.1, -0.05) is 11.6 Å². The molecule has 1 aromatic carbocycles. The highest BCUT2D eigenvalue weighted by molar-refractivity contribution is 6.32. The molecule has 21 heavy (non-hydrogen) atoms. The van der Waals surface area contributed by atoms with E-state index in [9.17, 15) is 22.0 Å². The van der Waals surface area contributed by atoms with Crippen LogP contribution in [0.5, 0.6) is 5.75 Å². The van der Waals surface area contributed by atoms with Crippen LogP contribution in [0, 0.1) is 11.6 Å². The summed E-state index contributed by atoms with van der Waals surface area (Å²) in [5, 5.41) is -0.0499. The monoisotopic (exact) mass is 323 g/mol. The number of methoxy groups -OCH3 is 1. The van der Waals surface area contributed by atoms with E-state index in [1.54, 1.807) is 0 Å². The Morgan fingerprint density at radius 1 is 1.10 bits per heavy atom. The number of halogens is 6. The van der Waals surface area contributed by atoms with Gasteiger partial charge in [0.15, 0.2) is 0 Å². The van der Waals surface area contributed by atoms with Crippen LogP contribution in [-0.4, -0.2) is 12.1 Å². The standard InChI is InChI=1S/C13H7ClF5NO/c1-21-11-3-7(9(15)4-8(11)14)12-10(16)2-6(5-20-12)13(17,18)19/h2-5H,1H3. The van der Waals surface area contributed by atoms with Gasteiger partial charge in [0.1, 0.15) is 23.1 Å². The molecule has 0 saturated carbocycles. The number of pyridine rings is 1. The van der Waals surface area contributed by atoms with Crippen LogP contribution in [0.1, 0.15) is 5.56 Å². The molecule has 8 heteroatoms. The molecule has 2 rings (SSSR count). The molecule has 0 unspecified atom stereocenters. The summed E-state index contributed by atoms with van der Waals surface area (Å²) in [6.45, 7) is 0. The van der Waals surface area contributed by atoms with Crippen molar-refractivity contribution in [3.63, 3.8) is 0 Å². The minimum atomic E-state index is -4.73. The summed E-state index contributed by atoms with van der Waals surface area (Å²) in [4.78, 5) is 3.35. The molecule has 0 amide bonds. The third-order valence-corrected chi connectivity index (χ3v) is 2.96. The van der Waals surface area contributed by atoms with Crippen LogP contribution in [0.15, 0.2) is 24.4 Å². The van der Waals surface area contributed by atoms with Gasteiger partial charge in [-0.25, -0.2) is 8.78 Å². The molecule has 0 saturated heterocycles. The summed E-state index contributed by atoms with van der Waals surface area (Å²) < 4.78 is 69.7. The van der Waals surface area contributed by atoms with Crippen molar-refractivity contribution >= 4 is 11.6 Å². The summed E-state index contributed by atoms with van der Waals surface area (Å²) in [5.41, 5.74) is -2.16. The average molecular weight is 324 g/mol. The van der Waals surface area contributed by atoms with E-state index >= 15 is 0 Å². The summed E-state index contributed by atoms with van der Waals surface area (Å²) in [6, 6.07) is 2.19. The van der Waals surface area contributed by atoms with Crippen LogP contribution in [0.3, 0.4) is 0 Å². The molecule has 0 radical (unpaired) electrons. The first-order valence-corrected chi connectivity index (χ1v) is 5.88.